The van der Waals surface area contributed by atoms with Crippen LogP contribution in [0.2, 0.25) is 0 Å². The maximum atomic E-state index is 12.7. The van der Waals surface area contributed by atoms with Crippen LogP contribution < -0.4 is 15.8 Å². The molecule has 0 unspecified atom stereocenters. The van der Waals surface area contributed by atoms with Gasteiger partial charge in [0, 0.05) is 27.6 Å². The minimum absolute atomic E-state index is 0.102. The monoisotopic (exact) mass is 622 g/mol. The van der Waals surface area contributed by atoms with E-state index in [2.05, 4.69) is 35.2 Å². The fourth-order valence-electron chi connectivity index (χ4n) is 3.70. The number of amides is 1. The summed E-state index contributed by atoms with van der Waals surface area (Å²) in [4.78, 5) is 14.9. The Morgan fingerprint density at radius 1 is 0.911 bits per heavy atom. The Kier molecular flexibility index (Phi) is 18.5. The molecule has 4 aromatic rings. The van der Waals surface area contributed by atoms with Gasteiger partial charge in [-0.2, -0.15) is 0 Å². The number of carbonyl (C=O) groups excluding carboxylic acids is 1. The molecule has 0 bridgehead atoms. The molecule has 5 nitrogen and oxygen atoms in total. The van der Waals surface area contributed by atoms with Crippen LogP contribution in [-0.4, -0.2) is 20.1 Å². The van der Waals surface area contributed by atoms with E-state index in [0.717, 1.165) is 43.4 Å². The Bertz CT molecular complexity index is 1530. The van der Waals surface area contributed by atoms with E-state index in [4.69, 9.17) is 10.5 Å². The lowest BCUT2D eigenvalue weighted by Gasteiger charge is -2.14. The van der Waals surface area contributed by atoms with Crippen LogP contribution >= 0.6 is 11.8 Å². The Balaban J connectivity index is 0.000000893. The summed E-state index contributed by atoms with van der Waals surface area (Å²) in [5, 5.41) is 2.97. The highest BCUT2D eigenvalue weighted by atomic mass is 32.2. The maximum Gasteiger partial charge on any atom is 0.251 e. The van der Waals surface area contributed by atoms with Crippen molar-refractivity contribution in [3.8, 4) is 18.3 Å². The quantitative estimate of drug-likeness (QED) is 0.116. The molecule has 0 saturated carbocycles. The van der Waals surface area contributed by atoms with Crippen LogP contribution in [0.1, 0.15) is 60.3 Å². The van der Waals surface area contributed by atoms with Gasteiger partial charge in [-0.15, -0.1) is 0 Å². The van der Waals surface area contributed by atoms with Crippen molar-refractivity contribution in [2.75, 3.05) is 20.0 Å². The number of aryl methyl sites for hydroxylation is 1. The van der Waals surface area contributed by atoms with Crippen LogP contribution in [0.15, 0.2) is 120 Å². The number of methoxy groups -OCH3 is 2. The molecule has 0 saturated heterocycles. The lowest BCUT2D eigenvalue weighted by Crippen LogP contribution is -2.22. The third kappa shape index (κ3) is 13.1. The van der Waals surface area contributed by atoms with E-state index >= 15 is 0 Å². The summed E-state index contributed by atoms with van der Waals surface area (Å²) < 4.78 is 9.34. The summed E-state index contributed by atoms with van der Waals surface area (Å²) in [7, 11) is 3.10. The highest BCUT2D eigenvalue weighted by molar-refractivity contribution is 7.99. The summed E-state index contributed by atoms with van der Waals surface area (Å²) in [5.41, 5.74) is 12.2. The molecular formula is C39H46N2O3S. The van der Waals surface area contributed by atoms with E-state index in [1.165, 1.54) is 7.11 Å². The van der Waals surface area contributed by atoms with Gasteiger partial charge in [-0.1, -0.05) is 93.2 Å². The smallest absolute Gasteiger partial charge is 0.251 e. The summed E-state index contributed by atoms with van der Waals surface area (Å²) in [5.74, 6) is 0.715. The predicted molar refractivity (Wildman–Crippen MR) is 193 cm³/mol. The topological polar surface area (TPSA) is 73.6 Å². The normalized spacial score (nSPS) is 9.56. The maximum absolute atomic E-state index is 12.7. The summed E-state index contributed by atoms with van der Waals surface area (Å²) in [6, 6.07) is 29.5. The van der Waals surface area contributed by atoms with Gasteiger partial charge < -0.3 is 20.5 Å². The number of hydrogen-bond acceptors (Lipinski definition) is 5. The van der Waals surface area contributed by atoms with Gasteiger partial charge in [-0.25, -0.2) is 0 Å². The molecule has 236 valence electrons. The first-order valence-electron chi connectivity index (χ1n) is 14.7. The number of hydrogen-bond donors (Lipinski definition) is 2. The molecule has 4 aromatic carbocycles. The number of nitrogens with two attached hydrogens (primary N) is 1. The van der Waals surface area contributed by atoms with Gasteiger partial charge >= 0.3 is 0 Å². The third-order valence-corrected chi connectivity index (χ3v) is 7.45. The number of nitrogens with one attached hydrogen (secondary N) is 1. The Morgan fingerprint density at radius 3 is 2.02 bits per heavy atom. The fraction of sp³-hybridized carbons (Fsp3) is 0.205. The average Bonchev–Trinajstić information content (AvgIpc) is 3.09. The van der Waals surface area contributed by atoms with Crippen molar-refractivity contribution in [3.05, 3.63) is 138 Å². The van der Waals surface area contributed by atoms with E-state index in [9.17, 15) is 4.79 Å². The van der Waals surface area contributed by atoms with Crippen LogP contribution in [-0.2, 0) is 11.3 Å². The molecule has 0 atom stereocenters. The van der Waals surface area contributed by atoms with E-state index in [1.807, 2.05) is 132 Å². The molecule has 0 aliphatic carbocycles. The van der Waals surface area contributed by atoms with Gasteiger partial charge in [0.15, 0.2) is 0 Å². The van der Waals surface area contributed by atoms with Crippen molar-refractivity contribution >= 4 is 28.9 Å². The second kappa shape index (κ2) is 21.8. The minimum atomic E-state index is -0.102. The fourth-order valence-corrected chi connectivity index (χ4v) is 4.74. The van der Waals surface area contributed by atoms with Gasteiger partial charge in [0.05, 0.1) is 14.2 Å². The van der Waals surface area contributed by atoms with E-state index < -0.39 is 0 Å². The van der Waals surface area contributed by atoms with Crippen molar-refractivity contribution in [2.45, 2.75) is 51.0 Å². The second-order valence-electron chi connectivity index (χ2n) is 9.20. The Labute approximate surface area is 274 Å². The lowest BCUT2D eigenvalue weighted by molar-refractivity contribution is 0.0950. The van der Waals surface area contributed by atoms with Crippen molar-refractivity contribution in [1.82, 2.24) is 5.32 Å². The number of benzene rings is 4. The summed E-state index contributed by atoms with van der Waals surface area (Å²) in [6.45, 7) is 14.8. The van der Waals surface area contributed by atoms with E-state index in [1.54, 1.807) is 18.9 Å². The van der Waals surface area contributed by atoms with Crippen molar-refractivity contribution in [3.63, 3.8) is 0 Å². The molecule has 0 aliphatic rings. The van der Waals surface area contributed by atoms with E-state index in [0.29, 0.717) is 17.8 Å². The molecule has 3 N–H and O–H groups in total. The highest BCUT2D eigenvalue weighted by Crippen LogP contribution is 2.37. The zero-order valence-electron chi connectivity index (χ0n) is 27.5. The molecule has 6 heteroatoms. The zero-order chi connectivity index (χ0) is 33.6. The van der Waals surface area contributed by atoms with Crippen molar-refractivity contribution < 1.29 is 14.3 Å². The van der Waals surface area contributed by atoms with Crippen LogP contribution in [0.25, 0.3) is 5.57 Å². The minimum Gasteiger partial charge on any atom is -0.497 e. The number of anilines is 1. The van der Waals surface area contributed by atoms with Gasteiger partial charge in [-0.3, -0.25) is 4.79 Å². The van der Waals surface area contributed by atoms with Gasteiger partial charge in [-0.05, 0) is 97.1 Å². The largest absolute Gasteiger partial charge is 0.497 e. The van der Waals surface area contributed by atoms with Gasteiger partial charge in [0.2, 0.25) is 0 Å². The predicted octanol–water partition coefficient (Wildman–Crippen LogP) is 9.56. The highest BCUT2D eigenvalue weighted by Gasteiger charge is 2.13. The van der Waals surface area contributed by atoms with Gasteiger partial charge in [0.1, 0.15) is 11.9 Å². The summed E-state index contributed by atoms with van der Waals surface area (Å²) in [6.07, 6.45) is 10.5. The molecule has 45 heavy (non-hydrogen) atoms. The molecular weight excluding hydrogens is 577 g/mol. The Morgan fingerprint density at radius 2 is 1.49 bits per heavy atom. The van der Waals surface area contributed by atoms with Gasteiger partial charge in [0.25, 0.3) is 5.91 Å². The number of ether oxygens (including phenoxy) is 2. The number of carbonyl (C=O) groups is 1. The first kappa shape index (κ1) is 38.2. The second-order valence-corrected chi connectivity index (χ2v) is 10.3. The van der Waals surface area contributed by atoms with Crippen LogP contribution in [0.5, 0.6) is 5.75 Å². The number of allylic oxidation sites excluding steroid dienone is 2. The third-order valence-electron chi connectivity index (χ3n) is 6.19. The van der Waals surface area contributed by atoms with Crippen LogP contribution in [0.3, 0.4) is 0 Å². The molecule has 0 spiro atoms. The van der Waals surface area contributed by atoms with Crippen molar-refractivity contribution in [2.24, 2.45) is 0 Å². The molecule has 0 heterocycles. The lowest BCUT2D eigenvalue weighted by atomic mass is 9.99. The molecule has 0 radical (unpaired) electrons. The summed E-state index contributed by atoms with van der Waals surface area (Å²) >= 11 is 1.67. The first-order valence-corrected chi connectivity index (χ1v) is 15.5. The van der Waals surface area contributed by atoms with Crippen molar-refractivity contribution in [1.29, 1.82) is 0 Å². The SMILES string of the molecule is C#COC.C/C=C/C.C=C(c1ccc(OC)cc1)c1ccccc1Sc1ccc(C(=O)NCc2ccc(N)cc2)cc1C.CC. The standard InChI is InChI=1S/C30H28N2O2S.C4H8.C3H4O.C2H6/c1-20-18-24(30(33)32-19-22-8-13-25(31)14-9-22)12-17-28(20)35-29-7-5-4-6-27(29)21(2)23-10-15-26(34-3)16-11-23;2*1-3-4-2;1-2/h4-18H,2,19,31H2,1,3H3,(H,32,33);3-4H,1-2H3;1H,2H3;1-2H3/b;4-3+;;. The average molecular weight is 623 g/mol. The molecule has 0 aromatic heterocycles. The number of rotatable bonds is 8. The van der Waals surface area contributed by atoms with Crippen LogP contribution in [0.4, 0.5) is 5.69 Å². The molecule has 4 rings (SSSR count). The Hall–Kier alpha value is -4.86. The molecule has 0 fully saturated rings. The molecule has 0 aliphatic heterocycles. The first-order chi connectivity index (χ1) is 21.8. The zero-order valence-corrected chi connectivity index (χ0v) is 28.3. The molecule has 1 amide bonds. The number of terminal acetylenes is 1. The van der Waals surface area contributed by atoms with E-state index in [-0.39, 0.29) is 5.91 Å². The van der Waals surface area contributed by atoms with Crippen LogP contribution in [0, 0.1) is 19.5 Å². The number of nitrogen functional groups attached to an aromatic ring is 1.